The van der Waals surface area contributed by atoms with Gasteiger partial charge in [-0.1, -0.05) is 11.6 Å². The molecule has 1 aliphatic heterocycles. The molecule has 0 saturated carbocycles. The number of pyridine rings is 1. The fraction of sp³-hybridized carbons (Fsp3) is 0.188. The van der Waals surface area contributed by atoms with Crippen molar-refractivity contribution in [1.29, 1.82) is 0 Å². The second kappa shape index (κ2) is 7.12. The molecule has 1 aliphatic rings. The van der Waals surface area contributed by atoms with E-state index in [1.165, 1.54) is 37.5 Å². The van der Waals surface area contributed by atoms with Crippen LogP contribution in [0.25, 0.3) is 0 Å². The lowest BCUT2D eigenvalue weighted by Crippen LogP contribution is -2.45. The minimum Gasteiger partial charge on any atom is -0.369 e. The number of halogens is 2. The molecular formula is C16H15ClFN5O3S. The third-order valence-electron chi connectivity index (χ3n) is 3.97. The fourth-order valence-electron chi connectivity index (χ4n) is 2.47. The Kier molecular flexibility index (Phi) is 5.03. The number of amides is 1. The number of hydrogen-bond donors (Lipinski definition) is 2. The SMILES string of the molecule is CN1C(N)=N[C@H](c2cc(NC(=O)c3ccc(Cl)cn3)ccc2F)CS1(=O)=O. The molecule has 1 atom stereocenters. The summed E-state index contributed by atoms with van der Waals surface area (Å²) in [7, 11) is -2.43. The van der Waals surface area contributed by atoms with Crippen LogP contribution in [0.5, 0.6) is 0 Å². The van der Waals surface area contributed by atoms with Crippen LogP contribution in [0.2, 0.25) is 5.02 Å². The van der Waals surface area contributed by atoms with E-state index in [2.05, 4.69) is 15.3 Å². The fourth-order valence-corrected chi connectivity index (χ4v) is 3.79. The first-order chi connectivity index (χ1) is 12.7. The molecule has 3 N–H and O–H groups in total. The molecule has 0 aliphatic carbocycles. The van der Waals surface area contributed by atoms with Crippen molar-refractivity contribution in [1.82, 2.24) is 9.29 Å². The molecule has 0 radical (unpaired) electrons. The van der Waals surface area contributed by atoms with Crippen molar-refractivity contribution in [3.05, 3.63) is 58.6 Å². The summed E-state index contributed by atoms with van der Waals surface area (Å²) in [6.07, 6.45) is 1.33. The Hall–Kier alpha value is -2.72. The van der Waals surface area contributed by atoms with Gasteiger partial charge in [-0.25, -0.2) is 27.1 Å². The number of nitrogens with one attached hydrogen (secondary N) is 1. The Bertz CT molecular complexity index is 1030. The number of rotatable bonds is 3. The number of carbonyl (C=O) groups is 1. The van der Waals surface area contributed by atoms with Gasteiger partial charge in [-0.15, -0.1) is 0 Å². The molecule has 0 bridgehead atoms. The van der Waals surface area contributed by atoms with E-state index in [9.17, 15) is 17.6 Å². The van der Waals surface area contributed by atoms with Crippen LogP contribution in [-0.2, 0) is 10.0 Å². The van der Waals surface area contributed by atoms with Gasteiger partial charge in [0.15, 0.2) is 0 Å². The minimum absolute atomic E-state index is 0.0106. The maximum Gasteiger partial charge on any atom is 0.274 e. The van der Waals surface area contributed by atoms with Crippen molar-refractivity contribution >= 4 is 39.2 Å². The van der Waals surface area contributed by atoms with Crippen molar-refractivity contribution in [2.24, 2.45) is 10.7 Å². The molecule has 1 amide bonds. The standard InChI is InChI=1S/C16H15ClFN5O3S/c1-23-16(19)22-14(8-27(23,25)26)11-6-10(3-4-12(11)18)21-15(24)13-5-2-9(17)7-20-13/h2-7,14H,8H2,1H3,(H2,19,22)(H,21,24)/t14-/m0/s1. The van der Waals surface area contributed by atoms with E-state index in [4.69, 9.17) is 17.3 Å². The molecule has 2 heterocycles. The number of aliphatic imine (C=N–C) groups is 1. The van der Waals surface area contributed by atoms with E-state index in [0.29, 0.717) is 5.02 Å². The summed E-state index contributed by atoms with van der Waals surface area (Å²) in [6.45, 7) is 0. The van der Waals surface area contributed by atoms with Crippen molar-refractivity contribution in [2.45, 2.75) is 6.04 Å². The van der Waals surface area contributed by atoms with Gasteiger partial charge in [-0.2, -0.15) is 0 Å². The van der Waals surface area contributed by atoms with Gasteiger partial charge in [0.25, 0.3) is 5.91 Å². The van der Waals surface area contributed by atoms with E-state index >= 15 is 0 Å². The topological polar surface area (TPSA) is 118 Å². The first-order valence-electron chi connectivity index (χ1n) is 7.69. The van der Waals surface area contributed by atoms with Crippen molar-refractivity contribution < 1.29 is 17.6 Å². The summed E-state index contributed by atoms with van der Waals surface area (Å²) in [5.74, 6) is -1.84. The van der Waals surface area contributed by atoms with Crippen LogP contribution in [-0.4, -0.2) is 42.4 Å². The predicted molar refractivity (Wildman–Crippen MR) is 99.5 cm³/mol. The van der Waals surface area contributed by atoms with Crippen LogP contribution in [0.4, 0.5) is 10.1 Å². The lowest BCUT2D eigenvalue weighted by atomic mass is 10.1. The lowest BCUT2D eigenvalue weighted by molar-refractivity contribution is 0.102. The maximum absolute atomic E-state index is 14.3. The van der Waals surface area contributed by atoms with Crippen LogP contribution in [0, 0.1) is 5.82 Å². The number of nitrogens with zero attached hydrogens (tertiary/aromatic N) is 3. The molecule has 8 nitrogen and oxygen atoms in total. The normalized spacial score (nSPS) is 18.7. The van der Waals surface area contributed by atoms with E-state index in [0.717, 1.165) is 10.4 Å². The van der Waals surface area contributed by atoms with E-state index in [-0.39, 0.29) is 22.9 Å². The van der Waals surface area contributed by atoms with Crippen LogP contribution < -0.4 is 11.1 Å². The van der Waals surface area contributed by atoms with Gasteiger partial charge in [0, 0.05) is 24.5 Å². The summed E-state index contributed by atoms with van der Waals surface area (Å²) in [5, 5.41) is 2.96. The van der Waals surface area contributed by atoms with Gasteiger partial charge in [0.05, 0.1) is 16.8 Å². The monoisotopic (exact) mass is 411 g/mol. The molecule has 0 saturated heterocycles. The van der Waals surface area contributed by atoms with Crippen molar-refractivity contribution in [3.63, 3.8) is 0 Å². The Morgan fingerprint density at radius 1 is 1.37 bits per heavy atom. The van der Waals surface area contributed by atoms with Crippen LogP contribution in [0.1, 0.15) is 22.1 Å². The number of guanidine groups is 1. The summed E-state index contributed by atoms with van der Waals surface area (Å²) in [5.41, 5.74) is 6.02. The molecule has 11 heteroatoms. The van der Waals surface area contributed by atoms with Crippen LogP contribution >= 0.6 is 11.6 Å². The lowest BCUT2D eigenvalue weighted by Gasteiger charge is -2.27. The smallest absolute Gasteiger partial charge is 0.274 e. The second-order valence-electron chi connectivity index (χ2n) is 5.80. The van der Waals surface area contributed by atoms with Gasteiger partial charge in [0.1, 0.15) is 11.5 Å². The Morgan fingerprint density at radius 2 is 2.11 bits per heavy atom. The van der Waals surface area contributed by atoms with E-state index in [1.807, 2.05) is 0 Å². The first-order valence-corrected chi connectivity index (χ1v) is 9.68. The van der Waals surface area contributed by atoms with Crippen LogP contribution in [0.15, 0.2) is 41.5 Å². The van der Waals surface area contributed by atoms with Crippen LogP contribution in [0.3, 0.4) is 0 Å². The zero-order chi connectivity index (χ0) is 19.8. The largest absolute Gasteiger partial charge is 0.369 e. The molecule has 0 unspecified atom stereocenters. The molecule has 3 rings (SSSR count). The Morgan fingerprint density at radius 3 is 2.74 bits per heavy atom. The third-order valence-corrected chi connectivity index (χ3v) is 5.95. The third kappa shape index (κ3) is 4.01. The van der Waals surface area contributed by atoms with Gasteiger partial charge in [-0.3, -0.25) is 4.79 Å². The van der Waals surface area contributed by atoms with E-state index in [1.54, 1.807) is 0 Å². The van der Waals surface area contributed by atoms with Gasteiger partial charge in [0.2, 0.25) is 16.0 Å². The second-order valence-corrected chi connectivity index (χ2v) is 8.28. The summed E-state index contributed by atoms with van der Waals surface area (Å²) in [4.78, 5) is 20.2. The summed E-state index contributed by atoms with van der Waals surface area (Å²) < 4.78 is 39.4. The average Bonchev–Trinajstić information content (AvgIpc) is 2.61. The quantitative estimate of drug-likeness (QED) is 0.797. The molecule has 0 fully saturated rings. The minimum atomic E-state index is -3.71. The molecule has 27 heavy (non-hydrogen) atoms. The molecule has 1 aromatic heterocycles. The average molecular weight is 412 g/mol. The predicted octanol–water partition coefficient (Wildman–Crippen LogP) is 1.76. The van der Waals surface area contributed by atoms with E-state index < -0.39 is 33.5 Å². The summed E-state index contributed by atoms with van der Waals surface area (Å²) >= 11 is 5.73. The van der Waals surface area contributed by atoms with Gasteiger partial charge < -0.3 is 11.1 Å². The summed E-state index contributed by atoms with van der Waals surface area (Å²) in [6, 6.07) is 5.74. The highest BCUT2D eigenvalue weighted by Crippen LogP contribution is 2.29. The zero-order valence-electron chi connectivity index (χ0n) is 14.1. The zero-order valence-corrected chi connectivity index (χ0v) is 15.6. The number of hydrogen-bond acceptors (Lipinski definition) is 6. The number of sulfonamides is 1. The number of aromatic nitrogens is 1. The van der Waals surface area contributed by atoms with Crippen molar-refractivity contribution in [3.8, 4) is 0 Å². The molecule has 142 valence electrons. The Balaban J connectivity index is 1.89. The highest BCUT2D eigenvalue weighted by molar-refractivity contribution is 7.89. The highest BCUT2D eigenvalue weighted by Gasteiger charge is 2.32. The van der Waals surface area contributed by atoms with Gasteiger partial charge in [-0.05, 0) is 30.3 Å². The van der Waals surface area contributed by atoms with Gasteiger partial charge >= 0.3 is 0 Å². The number of benzene rings is 1. The van der Waals surface area contributed by atoms with Crippen molar-refractivity contribution in [2.75, 3.05) is 18.1 Å². The number of carbonyl (C=O) groups excluding carboxylic acids is 1. The maximum atomic E-state index is 14.3. The Labute approximate surface area is 159 Å². The molecule has 2 aromatic rings. The molecule has 1 aromatic carbocycles. The molecule has 0 spiro atoms. The number of anilines is 1. The first kappa shape index (κ1) is 19.1. The number of nitrogens with two attached hydrogens (primary N) is 1. The highest BCUT2D eigenvalue weighted by atomic mass is 35.5. The molecular weight excluding hydrogens is 397 g/mol.